The number of nitrogens with zero attached hydrogens (tertiary/aromatic N) is 1. The quantitative estimate of drug-likeness (QED) is 0.586. The Labute approximate surface area is 220 Å². The molecular formula is C29H42N2O6. The van der Waals surface area contributed by atoms with Gasteiger partial charge >= 0.3 is 0 Å². The third kappa shape index (κ3) is 6.25. The zero-order valence-corrected chi connectivity index (χ0v) is 22.9. The van der Waals surface area contributed by atoms with E-state index in [-0.39, 0.29) is 17.4 Å². The highest BCUT2D eigenvalue weighted by atomic mass is 16.7. The molecule has 4 rings (SSSR count). The lowest BCUT2D eigenvalue weighted by molar-refractivity contribution is -0.334. The van der Waals surface area contributed by atoms with Gasteiger partial charge in [-0.15, -0.1) is 0 Å². The first-order valence-corrected chi connectivity index (χ1v) is 13.3. The van der Waals surface area contributed by atoms with E-state index in [2.05, 4.69) is 32.2 Å². The molecule has 2 amide bonds. The fourth-order valence-electron chi connectivity index (χ4n) is 5.62. The molecule has 0 unspecified atom stereocenters. The van der Waals surface area contributed by atoms with E-state index in [9.17, 15) is 14.7 Å². The Morgan fingerprint density at radius 2 is 1.97 bits per heavy atom. The number of amides is 2. The maximum absolute atomic E-state index is 13.6. The molecule has 3 aliphatic heterocycles. The zero-order valence-electron chi connectivity index (χ0n) is 22.9. The number of fused-ring (bicyclic) bond motifs is 3. The molecule has 204 valence electrons. The van der Waals surface area contributed by atoms with Crippen molar-refractivity contribution < 1.29 is 28.9 Å². The first-order valence-electron chi connectivity index (χ1n) is 13.3. The first kappa shape index (κ1) is 27.8. The summed E-state index contributed by atoms with van der Waals surface area (Å²) in [6.45, 7) is 10.3. The second-order valence-corrected chi connectivity index (χ2v) is 11.9. The van der Waals surface area contributed by atoms with Crippen LogP contribution in [0.25, 0.3) is 0 Å². The molecule has 2 fully saturated rings. The van der Waals surface area contributed by atoms with Crippen molar-refractivity contribution in [1.82, 2.24) is 10.2 Å². The fraction of sp³-hybridized carbons (Fsp3) is 0.655. The molecule has 0 bridgehead atoms. The Hall–Kier alpha value is -2.26. The van der Waals surface area contributed by atoms with Crippen molar-refractivity contribution in [3.05, 3.63) is 47.5 Å². The molecule has 1 aromatic carbocycles. The molecule has 2 saturated heterocycles. The third-order valence-electron chi connectivity index (χ3n) is 7.35. The number of carbonyl (C=O) groups is 2. The van der Waals surface area contributed by atoms with Crippen LogP contribution in [0, 0.1) is 5.41 Å². The van der Waals surface area contributed by atoms with E-state index >= 15 is 0 Å². The summed E-state index contributed by atoms with van der Waals surface area (Å²) < 4.78 is 17.6. The van der Waals surface area contributed by atoms with Gasteiger partial charge in [-0.3, -0.25) is 9.59 Å². The van der Waals surface area contributed by atoms with Crippen molar-refractivity contribution in [2.75, 3.05) is 13.7 Å². The van der Waals surface area contributed by atoms with Crippen molar-refractivity contribution in [3.8, 4) is 0 Å². The SMILES string of the molecule is CO[C@@H](C(=O)N[C@H]1Cc2ccccc2[C@H]2CCCCN2C1=O)[C@@H]1OC(C)(C)O[C@H](/C=C/C(C)(C)C)[C@@H]1O. The van der Waals surface area contributed by atoms with E-state index in [0.717, 1.165) is 30.4 Å². The number of piperidine rings is 1. The zero-order chi connectivity index (χ0) is 27.0. The normalized spacial score (nSPS) is 30.8. The fourth-order valence-corrected chi connectivity index (χ4v) is 5.62. The van der Waals surface area contributed by atoms with Crippen LogP contribution in [0.2, 0.25) is 0 Å². The maximum Gasteiger partial charge on any atom is 0.252 e. The van der Waals surface area contributed by atoms with E-state index in [0.29, 0.717) is 13.0 Å². The smallest absolute Gasteiger partial charge is 0.252 e. The second kappa shape index (κ2) is 10.8. The lowest BCUT2D eigenvalue weighted by atomic mass is 9.92. The topological polar surface area (TPSA) is 97.3 Å². The number of aliphatic hydroxyl groups excluding tert-OH is 1. The minimum absolute atomic E-state index is 0.0365. The number of hydrogen-bond donors (Lipinski definition) is 2. The van der Waals surface area contributed by atoms with Crippen LogP contribution >= 0.6 is 0 Å². The Bertz CT molecular complexity index is 1020. The molecule has 3 aliphatic rings. The van der Waals surface area contributed by atoms with Crippen molar-refractivity contribution in [2.24, 2.45) is 5.41 Å². The Morgan fingerprint density at radius 1 is 1.24 bits per heavy atom. The summed E-state index contributed by atoms with van der Waals surface area (Å²) in [5, 5.41) is 14.1. The molecule has 0 saturated carbocycles. The molecule has 0 aromatic heterocycles. The number of allylic oxidation sites excluding steroid dienone is 1. The molecule has 37 heavy (non-hydrogen) atoms. The summed E-state index contributed by atoms with van der Waals surface area (Å²) in [5.74, 6) is -1.62. The molecule has 0 aliphatic carbocycles. The van der Waals surface area contributed by atoms with Gasteiger partial charge in [-0.25, -0.2) is 0 Å². The predicted molar refractivity (Wildman–Crippen MR) is 140 cm³/mol. The summed E-state index contributed by atoms with van der Waals surface area (Å²) in [7, 11) is 1.41. The Kier molecular flexibility index (Phi) is 8.14. The largest absolute Gasteiger partial charge is 0.387 e. The summed E-state index contributed by atoms with van der Waals surface area (Å²) in [4.78, 5) is 29.1. The lowest BCUT2D eigenvalue weighted by Crippen LogP contribution is -2.62. The Morgan fingerprint density at radius 3 is 2.68 bits per heavy atom. The summed E-state index contributed by atoms with van der Waals surface area (Å²) in [6, 6.07) is 7.41. The number of ether oxygens (including phenoxy) is 3. The molecule has 3 heterocycles. The highest BCUT2D eigenvalue weighted by molar-refractivity contribution is 5.90. The first-order chi connectivity index (χ1) is 17.4. The van der Waals surface area contributed by atoms with Gasteiger partial charge in [-0.2, -0.15) is 0 Å². The van der Waals surface area contributed by atoms with Gasteiger partial charge in [-0.05, 0) is 49.7 Å². The predicted octanol–water partition coefficient (Wildman–Crippen LogP) is 3.28. The van der Waals surface area contributed by atoms with Crippen molar-refractivity contribution in [1.29, 1.82) is 0 Å². The van der Waals surface area contributed by atoms with Crippen LogP contribution in [-0.2, 0) is 30.2 Å². The van der Waals surface area contributed by atoms with E-state index in [4.69, 9.17) is 14.2 Å². The molecule has 8 heteroatoms. The van der Waals surface area contributed by atoms with Crippen LogP contribution in [0.4, 0.5) is 0 Å². The minimum Gasteiger partial charge on any atom is -0.387 e. The van der Waals surface area contributed by atoms with E-state index in [1.165, 1.54) is 7.11 Å². The molecule has 8 nitrogen and oxygen atoms in total. The number of aliphatic hydroxyl groups is 1. The number of rotatable bonds is 5. The molecule has 0 spiro atoms. The van der Waals surface area contributed by atoms with Crippen LogP contribution in [0.5, 0.6) is 0 Å². The van der Waals surface area contributed by atoms with Gasteiger partial charge in [0.1, 0.15) is 24.4 Å². The monoisotopic (exact) mass is 514 g/mol. The third-order valence-corrected chi connectivity index (χ3v) is 7.35. The van der Waals surface area contributed by atoms with E-state index in [1.807, 2.05) is 35.3 Å². The average molecular weight is 515 g/mol. The van der Waals surface area contributed by atoms with Crippen LogP contribution in [0.3, 0.4) is 0 Å². The number of methoxy groups -OCH3 is 1. The van der Waals surface area contributed by atoms with Crippen LogP contribution in [0.1, 0.15) is 71.0 Å². The number of nitrogens with one attached hydrogen (secondary N) is 1. The molecule has 6 atom stereocenters. The van der Waals surface area contributed by atoms with E-state index in [1.54, 1.807) is 13.8 Å². The van der Waals surface area contributed by atoms with Gasteiger partial charge in [-0.1, -0.05) is 57.2 Å². The van der Waals surface area contributed by atoms with Crippen molar-refractivity contribution in [2.45, 2.75) is 103 Å². The summed E-state index contributed by atoms with van der Waals surface area (Å²) in [6.07, 6.45) is 3.20. The number of carbonyl (C=O) groups excluding carboxylic acids is 2. The molecule has 2 N–H and O–H groups in total. The van der Waals surface area contributed by atoms with Gasteiger partial charge in [0.05, 0.1) is 6.04 Å². The highest BCUT2D eigenvalue weighted by Gasteiger charge is 2.48. The van der Waals surface area contributed by atoms with Gasteiger partial charge < -0.3 is 29.5 Å². The molecule has 0 radical (unpaired) electrons. The minimum atomic E-state index is -1.14. The Balaban J connectivity index is 1.56. The lowest BCUT2D eigenvalue weighted by Gasteiger charge is -2.45. The van der Waals surface area contributed by atoms with E-state index < -0.39 is 42.2 Å². The van der Waals surface area contributed by atoms with Gasteiger partial charge in [0.2, 0.25) is 5.91 Å². The van der Waals surface area contributed by atoms with Crippen molar-refractivity contribution >= 4 is 11.8 Å². The van der Waals surface area contributed by atoms with Gasteiger partial charge in [0.15, 0.2) is 11.9 Å². The van der Waals surface area contributed by atoms with Gasteiger partial charge in [0.25, 0.3) is 5.91 Å². The van der Waals surface area contributed by atoms with Gasteiger partial charge in [0, 0.05) is 20.1 Å². The average Bonchev–Trinajstić information content (AvgIpc) is 2.95. The molecular weight excluding hydrogens is 472 g/mol. The van der Waals surface area contributed by atoms with Crippen LogP contribution in [-0.4, -0.2) is 71.7 Å². The van der Waals surface area contributed by atoms with Crippen molar-refractivity contribution in [3.63, 3.8) is 0 Å². The summed E-state index contributed by atoms with van der Waals surface area (Å²) in [5.41, 5.74) is 2.12. The highest BCUT2D eigenvalue weighted by Crippen LogP contribution is 2.36. The summed E-state index contributed by atoms with van der Waals surface area (Å²) >= 11 is 0. The standard InChI is InChI=1S/C29H42N2O6/c1-28(2,3)15-14-22-23(32)24(37-29(4,5)36-22)25(35-6)26(33)30-20-17-18-11-7-8-12-19(18)21-13-9-10-16-31(21)27(20)34/h7-8,11-12,14-15,20-25,32H,9-10,13,16-17H2,1-6H3,(H,30,33)/b15-14+/t20-,21+,22+,23-,24+,25+/m0/s1. The second-order valence-electron chi connectivity index (χ2n) is 11.9. The molecule has 1 aromatic rings. The van der Waals surface area contributed by atoms with Crippen LogP contribution < -0.4 is 5.32 Å². The number of benzene rings is 1. The van der Waals surface area contributed by atoms with Crippen LogP contribution in [0.15, 0.2) is 36.4 Å². The maximum atomic E-state index is 13.6. The number of hydrogen-bond acceptors (Lipinski definition) is 6.